The number of piperidine rings is 1. The molecule has 0 aliphatic carbocycles. The summed E-state index contributed by atoms with van der Waals surface area (Å²) < 4.78 is 49.9. The summed E-state index contributed by atoms with van der Waals surface area (Å²) in [4.78, 5) is 6.51. The van der Waals surface area contributed by atoms with Gasteiger partial charge in [0.05, 0.1) is 18.8 Å². The van der Waals surface area contributed by atoms with Crippen LogP contribution >= 0.6 is 0 Å². The van der Waals surface area contributed by atoms with Gasteiger partial charge in [0.15, 0.2) is 0 Å². The van der Waals surface area contributed by atoms with Crippen LogP contribution in [0.15, 0.2) is 30.7 Å². The molecule has 1 aliphatic heterocycles. The Kier molecular flexibility index (Phi) is 5.86. The van der Waals surface area contributed by atoms with E-state index in [1.54, 1.807) is 16.8 Å². The highest BCUT2D eigenvalue weighted by Gasteiger charge is 2.33. The van der Waals surface area contributed by atoms with E-state index in [9.17, 15) is 13.2 Å². The fourth-order valence-electron chi connectivity index (χ4n) is 3.80. The van der Waals surface area contributed by atoms with Gasteiger partial charge in [-0.1, -0.05) is 6.92 Å². The van der Waals surface area contributed by atoms with Crippen LogP contribution in [0.4, 0.5) is 19.1 Å². The predicted octanol–water partition coefficient (Wildman–Crippen LogP) is 3.59. The molecule has 0 spiro atoms. The first-order valence-electron chi connectivity index (χ1n) is 9.99. The normalized spacial score (nSPS) is 17.6. The third kappa shape index (κ3) is 4.66. The lowest BCUT2D eigenvalue weighted by atomic mass is 10.1. The lowest BCUT2D eigenvalue weighted by Gasteiger charge is -2.32. The first-order chi connectivity index (χ1) is 14.9. The minimum absolute atomic E-state index is 0.137. The number of fused-ring (bicyclic) bond motifs is 1. The van der Waals surface area contributed by atoms with E-state index in [0.29, 0.717) is 11.5 Å². The van der Waals surface area contributed by atoms with Crippen molar-refractivity contribution >= 4 is 11.5 Å². The highest BCUT2D eigenvalue weighted by atomic mass is 19.4. The Morgan fingerprint density at radius 1 is 1.26 bits per heavy atom. The van der Waals surface area contributed by atoms with Gasteiger partial charge in [-0.2, -0.15) is 0 Å². The highest BCUT2D eigenvalue weighted by molar-refractivity contribution is 5.81. The Bertz CT molecular complexity index is 1060. The Morgan fingerprint density at radius 3 is 2.84 bits per heavy atom. The molecule has 3 heterocycles. The van der Waals surface area contributed by atoms with Gasteiger partial charge >= 0.3 is 6.36 Å². The summed E-state index contributed by atoms with van der Waals surface area (Å²) >= 11 is 0. The summed E-state index contributed by atoms with van der Waals surface area (Å²) in [5.41, 5.74) is 0.874. The molecule has 0 bridgehead atoms. The number of hydrogen-bond acceptors (Lipinski definition) is 7. The van der Waals surface area contributed by atoms with Crippen molar-refractivity contribution in [3.63, 3.8) is 0 Å². The summed E-state index contributed by atoms with van der Waals surface area (Å²) in [6.45, 7) is 5.06. The van der Waals surface area contributed by atoms with Gasteiger partial charge in [-0.05, 0) is 38.1 Å². The van der Waals surface area contributed by atoms with Gasteiger partial charge in [-0.15, -0.1) is 23.4 Å². The zero-order valence-electron chi connectivity index (χ0n) is 17.2. The molecule has 0 saturated carbocycles. The zero-order chi connectivity index (χ0) is 22.0. The molecule has 31 heavy (non-hydrogen) atoms. The number of likely N-dealkylation sites (N-methyl/N-ethyl adjacent to an activating group) is 1. The van der Waals surface area contributed by atoms with Crippen molar-refractivity contribution < 1.29 is 22.6 Å². The van der Waals surface area contributed by atoms with E-state index in [1.165, 1.54) is 25.4 Å². The third-order valence-corrected chi connectivity index (χ3v) is 5.31. The Labute approximate surface area is 177 Å². The number of nitrogens with zero attached hydrogens (tertiary/aromatic N) is 5. The molecule has 2 aromatic heterocycles. The lowest BCUT2D eigenvalue weighted by Crippen LogP contribution is -2.42. The molecule has 11 heteroatoms. The van der Waals surface area contributed by atoms with E-state index in [2.05, 4.69) is 37.1 Å². The first kappa shape index (κ1) is 21.2. The number of halogens is 3. The fourth-order valence-corrected chi connectivity index (χ4v) is 3.80. The van der Waals surface area contributed by atoms with Crippen molar-refractivity contribution in [2.24, 2.45) is 0 Å². The molecular formula is C20H23F3N6O2. The second-order valence-electron chi connectivity index (χ2n) is 7.31. The van der Waals surface area contributed by atoms with E-state index in [1.807, 2.05) is 0 Å². The average Bonchev–Trinajstić information content (AvgIpc) is 3.24. The van der Waals surface area contributed by atoms with Crippen LogP contribution in [0.1, 0.15) is 19.8 Å². The van der Waals surface area contributed by atoms with E-state index in [-0.39, 0.29) is 23.0 Å². The second kappa shape index (κ2) is 8.58. The standard InChI is InChI=1S/C20H23F3N6O2/c1-3-28-8-4-5-13(11-28)25-19-27-26-18(16-10-24-12-29(16)19)15-7-6-14(30-2)9-17(15)31-20(21,22)23/h6-7,9-10,12-13H,3-5,8,11H2,1-2H3,(H,25,27). The van der Waals surface area contributed by atoms with Crippen LogP contribution in [0.5, 0.6) is 11.5 Å². The predicted molar refractivity (Wildman–Crippen MR) is 108 cm³/mol. The Morgan fingerprint density at radius 2 is 2.10 bits per heavy atom. The highest BCUT2D eigenvalue weighted by Crippen LogP contribution is 2.37. The van der Waals surface area contributed by atoms with Crippen LogP contribution in [0.3, 0.4) is 0 Å². The monoisotopic (exact) mass is 436 g/mol. The van der Waals surface area contributed by atoms with Gasteiger partial charge < -0.3 is 19.7 Å². The van der Waals surface area contributed by atoms with Gasteiger partial charge in [0.2, 0.25) is 5.95 Å². The van der Waals surface area contributed by atoms with Crippen molar-refractivity contribution in [3.05, 3.63) is 30.7 Å². The number of alkyl halides is 3. The van der Waals surface area contributed by atoms with Crippen molar-refractivity contribution in [2.45, 2.75) is 32.2 Å². The molecule has 3 aromatic rings. The van der Waals surface area contributed by atoms with Gasteiger partial charge in [0.1, 0.15) is 23.5 Å². The molecule has 4 rings (SSSR count). The summed E-state index contributed by atoms with van der Waals surface area (Å²) in [6, 6.07) is 4.38. The maximum atomic E-state index is 13.0. The minimum atomic E-state index is -4.86. The number of aromatic nitrogens is 4. The smallest absolute Gasteiger partial charge is 0.497 e. The minimum Gasteiger partial charge on any atom is -0.497 e. The van der Waals surface area contributed by atoms with Crippen molar-refractivity contribution in [1.29, 1.82) is 0 Å². The molecular weight excluding hydrogens is 413 g/mol. The summed E-state index contributed by atoms with van der Waals surface area (Å²) in [5.74, 6) is 0.304. The molecule has 8 nitrogen and oxygen atoms in total. The van der Waals surface area contributed by atoms with Crippen LogP contribution in [-0.4, -0.2) is 63.6 Å². The fraction of sp³-hybridized carbons (Fsp3) is 0.450. The van der Waals surface area contributed by atoms with Crippen LogP contribution < -0.4 is 14.8 Å². The third-order valence-electron chi connectivity index (χ3n) is 5.31. The number of hydrogen-bond donors (Lipinski definition) is 1. The molecule has 1 saturated heterocycles. The van der Waals surface area contributed by atoms with Crippen molar-refractivity contribution in [2.75, 3.05) is 32.1 Å². The molecule has 0 amide bonds. The Balaban J connectivity index is 1.71. The van der Waals surface area contributed by atoms with Gasteiger partial charge in [0.25, 0.3) is 0 Å². The number of likely N-dealkylation sites (tertiary alicyclic amines) is 1. The number of anilines is 1. The maximum absolute atomic E-state index is 13.0. The van der Waals surface area contributed by atoms with Crippen LogP contribution in [-0.2, 0) is 0 Å². The molecule has 1 aliphatic rings. The Hall–Kier alpha value is -3.08. The largest absolute Gasteiger partial charge is 0.573 e. The number of benzene rings is 1. The quantitative estimate of drug-likeness (QED) is 0.633. The molecule has 1 aromatic carbocycles. The molecule has 1 fully saturated rings. The van der Waals surface area contributed by atoms with E-state index < -0.39 is 12.1 Å². The number of methoxy groups -OCH3 is 1. The van der Waals surface area contributed by atoms with Crippen LogP contribution in [0, 0.1) is 0 Å². The SMILES string of the molecule is CCN1CCCC(Nc2nnc(-c3ccc(OC)cc3OC(F)(F)F)c3cncn23)C1. The average molecular weight is 436 g/mol. The molecule has 1 N–H and O–H groups in total. The van der Waals surface area contributed by atoms with E-state index >= 15 is 0 Å². The van der Waals surface area contributed by atoms with E-state index in [0.717, 1.165) is 32.5 Å². The van der Waals surface area contributed by atoms with Gasteiger partial charge in [-0.3, -0.25) is 4.40 Å². The second-order valence-corrected chi connectivity index (χ2v) is 7.31. The van der Waals surface area contributed by atoms with Crippen LogP contribution in [0.2, 0.25) is 0 Å². The van der Waals surface area contributed by atoms with E-state index in [4.69, 9.17) is 4.74 Å². The summed E-state index contributed by atoms with van der Waals surface area (Å²) in [5, 5.41) is 11.9. The number of rotatable bonds is 6. The van der Waals surface area contributed by atoms with Gasteiger partial charge in [-0.25, -0.2) is 4.98 Å². The molecule has 166 valence electrons. The number of imidazole rings is 1. The molecule has 0 radical (unpaired) electrons. The summed E-state index contributed by atoms with van der Waals surface area (Å²) in [6.07, 6.45) is 0.311. The zero-order valence-corrected chi connectivity index (χ0v) is 17.2. The van der Waals surface area contributed by atoms with Crippen molar-refractivity contribution in [1.82, 2.24) is 24.5 Å². The summed E-state index contributed by atoms with van der Waals surface area (Å²) in [7, 11) is 1.37. The number of ether oxygens (including phenoxy) is 2. The molecule has 1 atom stereocenters. The topological polar surface area (TPSA) is 76.8 Å². The maximum Gasteiger partial charge on any atom is 0.573 e. The van der Waals surface area contributed by atoms with Crippen LogP contribution in [0.25, 0.3) is 16.8 Å². The van der Waals surface area contributed by atoms with Crippen molar-refractivity contribution in [3.8, 4) is 22.8 Å². The lowest BCUT2D eigenvalue weighted by molar-refractivity contribution is -0.274. The molecule has 1 unspecified atom stereocenters. The first-order valence-corrected chi connectivity index (χ1v) is 9.99. The number of nitrogens with one attached hydrogen (secondary N) is 1. The van der Waals surface area contributed by atoms with Gasteiger partial charge in [0, 0.05) is 24.2 Å².